The first-order chi connectivity index (χ1) is 8.24. The van der Waals surface area contributed by atoms with E-state index in [2.05, 4.69) is 6.07 Å². The summed E-state index contributed by atoms with van der Waals surface area (Å²) in [7, 11) is 0. The van der Waals surface area contributed by atoms with E-state index >= 15 is 0 Å². The Labute approximate surface area is 103 Å². The molecule has 0 aliphatic carbocycles. The van der Waals surface area contributed by atoms with Crippen molar-refractivity contribution in [3.8, 4) is 5.69 Å². The van der Waals surface area contributed by atoms with E-state index in [-0.39, 0.29) is 5.82 Å². The molecule has 1 radical (unpaired) electrons. The van der Waals surface area contributed by atoms with Gasteiger partial charge in [-0.2, -0.15) is 0 Å². The smallest absolute Gasteiger partial charge is 0.126 e. The van der Waals surface area contributed by atoms with Crippen LogP contribution in [0.25, 0.3) is 16.6 Å². The highest BCUT2D eigenvalue weighted by molar-refractivity contribution is 6.30. The van der Waals surface area contributed by atoms with Gasteiger partial charge in [0.1, 0.15) is 5.82 Å². The maximum absolute atomic E-state index is 13.3. The molecule has 0 saturated heterocycles. The minimum absolute atomic E-state index is 0.336. The van der Waals surface area contributed by atoms with Crippen LogP contribution in [0.2, 0.25) is 5.02 Å². The van der Waals surface area contributed by atoms with E-state index in [4.69, 9.17) is 11.6 Å². The number of rotatable bonds is 1. The molecule has 1 heterocycles. The molecular weight excluding hydrogens is 237 g/mol. The SMILES string of the molecule is Fc1cc(Cl)cc(-n2ccc3c[c]ccc32)c1. The number of hydrogen-bond donors (Lipinski definition) is 0. The molecule has 0 N–H and O–H groups in total. The Morgan fingerprint density at radius 2 is 2.06 bits per heavy atom. The average Bonchev–Trinajstić information content (AvgIpc) is 2.71. The van der Waals surface area contributed by atoms with Gasteiger partial charge in [-0.05, 0) is 42.5 Å². The Bertz CT molecular complexity index is 667. The van der Waals surface area contributed by atoms with Crippen LogP contribution in [-0.4, -0.2) is 4.57 Å². The molecular formula is C14H8ClFN. The van der Waals surface area contributed by atoms with Crippen LogP contribution in [0.1, 0.15) is 0 Å². The summed E-state index contributed by atoms with van der Waals surface area (Å²) in [6, 6.07) is 15.1. The lowest BCUT2D eigenvalue weighted by Gasteiger charge is -2.06. The monoisotopic (exact) mass is 244 g/mol. The normalized spacial score (nSPS) is 10.9. The van der Waals surface area contributed by atoms with E-state index < -0.39 is 0 Å². The van der Waals surface area contributed by atoms with Crippen LogP contribution in [0.4, 0.5) is 4.39 Å². The summed E-state index contributed by atoms with van der Waals surface area (Å²) in [5, 5.41) is 1.46. The molecule has 0 spiro atoms. The predicted octanol–water partition coefficient (Wildman–Crippen LogP) is 4.22. The molecule has 83 valence electrons. The third-order valence-corrected chi connectivity index (χ3v) is 2.88. The average molecular weight is 245 g/mol. The van der Waals surface area contributed by atoms with Gasteiger partial charge in [0.25, 0.3) is 0 Å². The summed E-state index contributed by atoms with van der Waals surface area (Å²) < 4.78 is 15.2. The number of fused-ring (bicyclic) bond motifs is 1. The summed E-state index contributed by atoms with van der Waals surface area (Å²) >= 11 is 5.86. The van der Waals surface area contributed by atoms with Crippen molar-refractivity contribution in [2.24, 2.45) is 0 Å². The molecule has 2 aromatic carbocycles. The van der Waals surface area contributed by atoms with Gasteiger partial charge >= 0.3 is 0 Å². The van der Waals surface area contributed by atoms with Crippen LogP contribution in [0.3, 0.4) is 0 Å². The van der Waals surface area contributed by atoms with Crippen LogP contribution in [0, 0.1) is 11.9 Å². The van der Waals surface area contributed by atoms with Crippen LogP contribution in [0.15, 0.2) is 48.7 Å². The van der Waals surface area contributed by atoms with Crippen molar-refractivity contribution in [2.75, 3.05) is 0 Å². The van der Waals surface area contributed by atoms with Crippen molar-refractivity contribution in [3.63, 3.8) is 0 Å². The lowest BCUT2D eigenvalue weighted by Crippen LogP contribution is -1.92. The topological polar surface area (TPSA) is 4.93 Å². The fourth-order valence-corrected chi connectivity index (χ4v) is 2.14. The van der Waals surface area contributed by atoms with E-state index in [1.54, 1.807) is 6.07 Å². The van der Waals surface area contributed by atoms with Gasteiger partial charge < -0.3 is 4.57 Å². The highest BCUT2D eigenvalue weighted by Gasteiger charge is 2.05. The summed E-state index contributed by atoms with van der Waals surface area (Å²) in [5.41, 5.74) is 1.72. The first kappa shape index (κ1) is 10.4. The van der Waals surface area contributed by atoms with Crippen molar-refractivity contribution < 1.29 is 4.39 Å². The van der Waals surface area contributed by atoms with Crippen LogP contribution in [-0.2, 0) is 0 Å². The molecule has 0 bridgehead atoms. The second kappa shape index (κ2) is 3.90. The van der Waals surface area contributed by atoms with Crippen molar-refractivity contribution in [2.45, 2.75) is 0 Å². The Kier molecular flexibility index (Phi) is 2.37. The largest absolute Gasteiger partial charge is 0.316 e. The van der Waals surface area contributed by atoms with E-state index in [0.29, 0.717) is 5.02 Å². The summed E-state index contributed by atoms with van der Waals surface area (Å²) in [6.45, 7) is 0. The molecule has 17 heavy (non-hydrogen) atoms. The summed E-state index contributed by atoms with van der Waals surface area (Å²) in [6.07, 6.45) is 1.89. The van der Waals surface area contributed by atoms with Gasteiger partial charge in [0.05, 0.1) is 5.52 Å². The van der Waals surface area contributed by atoms with Crippen molar-refractivity contribution in [1.82, 2.24) is 4.57 Å². The standard InChI is InChI=1S/C14H8ClFN/c15-11-7-12(16)9-13(8-11)17-6-5-10-3-1-2-4-14(10)17/h2-9H. The first-order valence-corrected chi connectivity index (χ1v) is 5.55. The maximum atomic E-state index is 13.3. The third kappa shape index (κ3) is 1.81. The first-order valence-electron chi connectivity index (χ1n) is 5.18. The minimum atomic E-state index is -0.336. The molecule has 0 fully saturated rings. The summed E-state index contributed by atoms with van der Waals surface area (Å²) in [4.78, 5) is 0. The minimum Gasteiger partial charge on any atom is -0.316 e. The zero-order valence-corrected chi connectivity index (χ0v) is 9.58. The Balaban J connectivity index is 2.27. The van der Waals surface area contributed by atoms with Gasteiger partial charge in [0, 0.05) is 22.3 Å². The molecule has 0 aliphatic rings. The van der Waals surface area contributed by atoms with Gasteiger partial charge in [-0.25, -0.2) is 4.39 Å². The van der Waals surface area contributed by atoms with E-state index in [0.717, 1.165) is 16.6 Å². The molecule has 3 rings (SSSR count). The quantitative estimate of drug-likeness (QED) is 0.604. The van der Waals surface area contributed by atoms with Crippen LogP contribution < -0.4 is 0 Å². The number of nitrogens with zero attached hydrogens (tertiary/aromatic N) is 1. The van der Waals surface area contributed by atoms with Crippen molar-refractivity contribution >= 4 is 22.5 Å². The second-order valence-electron chi connectivity index (χ2n) is 3.80. The van der Waals surface area contributed by atoms with E-state index in [9.17, 15) is 4.39 Å². The third-order valence-electron chi connectivity index (χ3n) is 2.66. The van der Waals surface area contributed by atoms with Gasteiger partial charge in [0.2, 0.25) is 0 Å². The van der Waals surface area contributed by atoms with Crippen LogP contribution in [0.5, 0.6) is 0 Å². The summed E-state index contributed by atoms with van der Waals surface area (Å²) in [5.74, 6) is -0.336. The maximum Gasteiger partial charge on any atom is 0.126 e. The highest BCUT2D eigenvalue weighted by Crippen LogP contribution is 2.23. The zero-order valence-electron chi connectivity index (χ0n) is 8.82. The molecule has 0 aliphatic heterocycles. The molecule has 0 unspecified atom stereocenters. The predicted molar refractivity (Wildman–Crippen MR) is 67.1 cm³/mol. The van der Waals surface area contributed by atoms with Crippen LogP contribution >= 0.6 is 11.6 Å². The number of aromatic nitrogens is 1. The Hall–Kier alpha value is -1.80. The van der Waals surface area contributed by atoms with E-state index in [1.165, 1.54) is 12.1 Å². The fourth-order valence-electron chi connectivity index (χ4n) is 1.93. The number of hydrogen-bond acceptors (Lipinski definition) is 0. The molecule has 0 amide bonds. The fraction of sp³-hybridized carbons (Fsp3) is 0. The van der Waals surface area contributed by atoms with Gasteiger partial charge in [-0.3, -0.25) is 0 Å². The molecule has 0 saturated carbocycles. The van der Waals surface area contributed by atoms with Crippen molar-refractivity contribution in [3.05, 3.63) is 65.6 Å². The molecule has 3 aromatic rings. The van der Waals surface area contributed by atoms with Gasteiger partial charge in [-0.15, -0.1) is 0 Å². The zero-order chi connectivity index (χ0) is 11.8. The number of halogens is 2. The second-order valence-corrected chi connectivity index (χ2v) is 4.23. The lowest BCUT2D eigenvalue weighted by molar-refractivity contribution is 0.627. The molecule has 1 nitrogen and oxygen atoms in total. The lowest BCUT2D eigenvalue weighted by atomic mass is 10.2. The molecule has 0 atom stereocenters. The molecule has 1 aromatic heterocycles. The van der Waals surface area contributed by atoms with Gasteiger partial charge in [-0.1, -0.05) is 17.7 Å². The highest BCUT2D eigenvalue weighted by atomic mass is 35.5. The molecule has 3 heteroatoms. The number of benzene rings is 2. The Morgan fingerprint density at radius 3 is 2.88 bits per heavy atom. The Morgan fingerprint density at radius 1 is 1.18 bits per heavy atom. The van der Waals surface area contributed by atoms with E-state index in [1.807, 2.05) is 35.0 Å². The van der Waals surface area contributed by atoms with Gasteiger partial charge in [0.15, 0.2) is 0 Å². The van der Waals surface area contributed by atoms with Crippen molar-refractivity contribution in [1.29, 1.82) is 0 Å².